The summed E-state index contributed by atoms with van der Waals surface area (Å²) >= 11 is 0. The summed E-state index contributed by atoms with van der Waals surface area (Å²) in [5.74, 6) is -0.639. The maximum Gasteiger partial charge on any atom is 0.329 e. The van der Waals surface area contributed by atoms with Crippen molar-refractivity contribution in [3.8, 4) is 0 Å². The van der Waals surface area contributed by atoms with Crippen LogP contribution >= 0.6 is 0 Å². The van der Waals surface area contributed by atoms with Gasteiger partial charge < -0.3 is 0 Å². The van der Waals surface area contributed by atoms with Gasteiger partial charge >= 0.3 is 5.69 Å². The summed E-state index contributed by atoms with van der Waals surface area (Å²) in [5.41, 5.74) is 2.78. The topological polar surface area (TPSA) is 73.1 Å². The molecule has 0 saturated carbocycles. The van der Waals surface area contributed by atoms with Crippen LogP contribution in [0.1, 0.15) is 37.3 Å². The zero-order valence-electron chi connectivity index (χ0n) is 12.2. The van der Waals surface area contributed by atoms with E-state index in [2.05, 4.69) is 11.4 Å². The van der Waals surface area contributed by atoms with E-state index in [9.17, 15) is 14.4 Å². The molecule has 1 saturated heterocycles. The van der Waals surface area contributed by atoms with Crippen molar-refractivity contribution in [3.63, 3.8) is 0 Å². The van der Waals surface area contributed by atoms with E-state index in [1.165, 1.54) is 0 Å². The first-order chi connectivity index (χ1) is 10.7. The van der Waals surface area contributed by atoms with Crippen molar-refractivity contribution < 1.29 is 9.59 Å². The average molecular weight is 299 g/mol. The first-order valence-electron chi connectivity index (χ1n) is 7.73. The van der Waals surface area contributed by atoms with Gasteiger partial charge in [-0.3, -0.25) is 24.0 Å². The Morgan fingerprint density at radius 3 is 2.77 bits per heavy atom. The lowest BCUT2D eigenvalue weighted by molar-refractivity contribution is -0.135. The normalized spacial score (nSPS) is 21.7. The summed E-state index contributed by atoms with van der Waals surface area (Å²) in [6.07, 6.45) is 3.64. The van der Waals surface area contributed by atoms with Crippen LogP contribution in [0.4, 0.5) is 0 Å². The fraction of sp³-hybridized carbons (Fsp3) is 0.438. The van der Waals surface area contributed by atoms with Gasteiger partial charge in [0, 0.05) is 13.0 Å². The Balaban J connectivity index is 1.96. The third-order valence-electron chi connectivity index (χ3n) is 4.66. The fourth-order valence-electron chi connectivity index (χ4n) is 3.64. The van der Waals surface area contributed by atoms with E-state index in [-0.39, 0.29) is 23.9 Å². The maximum absolute atomic E-state index is 12.8. The molecular formula is C16H17N3O3. The van der Waals surface area contributed by atoms with Gasteiger partial charge in [0.25, 0.3) is 0 Å². The number of carbonyl (C=O) groups is 2. The molecule has 1 atom stereocenters. The number of imidazole rings is 1. The number of nitrogens with one attached hydrogen (secondary N) is 1. The average Bonchev–Trinajstić information content (AvgIpc) is 2.66. The molecule has 4 rings (SSSR count). The Bertz CT molecular complexity index is 846. The number of para-hydroxylation sites is 1. The lowest BCUT2D eigenvalue weighted by Gasteiger charge is -2.22. The first kappa shape index (κ1) is 13.3. The minimum Gasteiger partial charge on any atom is -0.295 e. The number of benzene rings is 1. The minimum absolute atomic E-state index is 0.140. The number of carbonyl (C=O) groups excluding carboxylic acids is 2. The van der Waals surface area contributed by atoms with Gasteiger partial charge in [-0.25, -0.2) is 4.79 Å². The highest BCUT2D eigenvalue weighted by Gasteiger charge is 2.32. The molecule has 0 bridgehead atoms. The van der Waals surface area contributed by atoms with Crippen molar-refractivity contribution in [1.82, 2.24) is 14.5 Å². The number of aromatic nitrogens is 2. The molecule has 0 aliphatic carbocycles. The van der Waals surface area contributed by atoms with Crippen LogP contribution in [0.25, 0.3) is 11.0 Å². The van der Waals surface area contributed by atoms with Crippen LogP contribution in [0.2, 0.25) is 0 Å². The van der Waals surface area contributed by atoms with Crippen LogP contribution in [-0.4, -0.2) is 20.9 Å². The lowest BCUT2D eigenvalue weighted by atomic mass is 10.0. The van der Waals surface area contributed by atoms with E-state index >= 15 is 0 Å². The van der Waals surface area contributed by atoms with E-state index in [1.807, 2.05) is 12.1 Å². The van der Waals surface area contributed by atoms with Crippen molar-refractivity contribution in [3.05, 3.63) is 34.2 Å². The number of rotatable bonds is 1. The molecule has 1 N–H and O–H groups in total. The molecule has 0 radical (unpaired) electrons. The molecule has 114 valence electrons. The molecule has 1 aromatic carbocycles. The lowest BCUT2D eigenvalue weighted by Crippen LogP contribution is -2.44. The highest BCUT2D eigenvalue weighted by molar-refractivity contribution is 6.00. The smallest absolute Gasteiger partial charge is 0.295 e. The molecule has 6 nitrogen and oxygen atoms in total. The molecule has 2 amide bonds. The van der Waals surface area contributed by atoms with E-state index in [0.717, 1.165) is 35.9 Å². The molecule has 3 heterocycles. The summed E-state index contributed by atoms with van der Waals surface area (Å²) < 4.78 is 3.37. The van der Waals surface area contributed by atoms with Gasteiger partial charge in [0.05, 0.1) is 11.0 Å². The SMILES string of the molecule is O=C1CCC(n2c(=O)n3c4c(cccc42)CCCC3)C(=O)N1. The van der Waals surface area contributed by atoms with Crippen LogP contribution in [0.3, 0.4) is 0 Å². The fourth-order valence-corrected chi connectivity index (χ4v) is 3.64. The van der Waals surface area contributed by atoms with Crippen LogP contribution < -0.4 is 11.0 Å². The number of imide groups is 1. The molecule has 6 heteroatoms. The van der Waals surface area contributed by atoms with E-state index in [0.29, 0.717) is 13.0 Å². The second kappa shape index (κ2) is 4.83. The van der Waals surface area contributed by atoms with Crippen LogP contribution in [0.5, 0.6) is 0 Å². The maximum atomic E-state index is 12.8. The number of amides is 2. The summed E-state index contributed by atoms with van der Waals surface area (Å²) in [7, 11) is 0. The van der Waals surface area contributed by atoms with Crippen molar-refractivity contribution in [1.29, 1.82) is 0 Å². The van der Waals surface area contributed by atoms with Gasteiger partial charge in [-0.1, -0.05) is 12.1 Å². The van der Waals surface area contributed by atoms with Crippen molar-refractivity contribution in [2.75, 3.05) is 0 Å². The van der Waals surface area contributed by atoms with Crippen molar-refractivity contribution in [2.24, 2.45) is 0 Å². The van der Waals surface area contributed by atoms with Crippen molar-refractivity contribution >= 4 is 22.8 Å². The Morgan fingerprint density at radius 1 is 1.09 bits per heavy atom. The second-order valence-electron chi connectivity index (χ2n) is 6.01. The predicted molar refractivity (Wildman–Crippen MR) is 80.6 cm³/mol. The van der Waals surface area contributed by atoms with Crippen LogP contribution in [0.15, 0.2) is 23.0 Å². The Hall–Kier alpha value is -2.37. The molecule has 1 aromatic heterocycles. The molecule has 1 unspecified atom stereocenters. The number of nitrogens with zero attached hydrogens (tertiary/aromatic N) is 2. The summed E-state index contributed by atoms with van der Waals surface area (Å²) in [4.78, 5) is 36.4. The number of aryl methyl sites for hydroxylation is 2. The quantitative estimate of drug-likeness (QED) is 0.802. The molecule has 2 aliphatic rings. The Labute approximate surface area is 126 Å². The number of hydrogen-bond acceptors (Lipinski definition) is 3. The van der Waals surface area contributed by atoms with E-state index in [4.69, 9.17) is 0 Å². The number of hydrogen-bond donors (Lipinski definition) is 1. The third kappa shape index (κ3) is 1.83. The first-order valence-corrected chi connectivity index (χ1v) is 7.73. The monoisotopic (exact) mass is 299 g/mol. The largest absolute Gasteiger partial charge is 0.329 e. The Kier molecular flexibility index (Phi) is 2.92. The molecule has 1 fully saturated rings. The molecule has 2 aromatic rings. The third-order valence-corrected chi connectivity index (χ3v) is 4.66. The van der Waals surface area contributed by atoms with Gasteiger partial charge in [-0.05, 0) is 37.3 Å². The highest BCUT2D eigenvalue weighted by atomic mass is 16.2. The van der Waals surface area contributed by atoms with Gasteiger partial charge in [0.1, 0.15) is 6.04 Å². The highest BCUT2D eigenvalue weighted by Crippen LogP contribution is 2.27. The molecule has 0 spiro atoms. The number of piperidine rings is 1. The zero-order valence-corrected chi connectivity index (χ0v) is 12.2. The minimum atomic E-state index is -0.594. The molecule has 2 aliphatic heterocycles. The summed E-state index contributed by atoms with van der Waals surface area (Å²) in [6, 6.07) is 5.29. The van der Waals surface area contributed by atoms with E-state index < -0.39 is 6.04 Å². The van der Waals surface area contributed by atoms with Crippen LogP contribution in [0, 0.1) is 0 Å². The Morgan fingerprint density at radius 2 is 1.95 bits per heavy atom. The summed E-state index contributed by atoms with van der Waals surface area (Å²) in [5, 5.41) is 2.34. The summed E-state index contributed by atoms with van der Waals surface area (Å²) in [6.45, 7) is 0.687. The zero-order chi connectivity index (χ0) is 15.3. The van der Waals surface area contributed by atoms with E-state index in [1.54, 1.807) is 9.13 Å². The standard InChI is InChI=1S/C16H17N3O3/c20-13-8-7-12(15(21)17-13)19-11-6-3-5-10-4-1-2-9-18(14(10)11)16(19)22/h3,5-6,12H,1-2,4,7-9H2,(H,17,20,21). The van der Waals surface area contributed by atoms with Crippen molar-refractivity contribution in [2.45, 2.75) is 44.7 Å². The predicted octanol–water partition coefficient (Wildman–Crippen LogP) is 1.12. The van der Waals surface area contributed by atoms with Gasteiger partial charge in [0.15, 0.2) is 0 Å². The molecule has 22 heavy (non-hydrogen) atoms. The second-order valence-corrected chi connectivity index (χ2v) is 6.01. The molecular weight excluding hydrogens is 282 g/mol. The van der Waals surface area contributed by atoms with Gasteiger partial charge in [0.2, 0.25) is 11.8 Å². The van der Waals surface area contributed by atoms with Crippen LogP contribution in [-0.2, 0) is 22.6 Å². The van der Waals surface area contributed by atoms with Gasteiger partial charge in [-0.15, -0.1) is 0 Å². The van der Waals surface area contributed by atoms with Gasteiger partial charge in [-0.2, -0.15) is 0 Å².